The highest BCUT2D eigenvalue weighted by atomic mass is 16.5. The molecule has 5 nitrogen and oxygen atoms in total. The number of esters is 1. The van der Waals surface area contributed by atoms with Crippen LogP contribution in [-0.2, 0) is 29.2 Å². The molecule has 0 aliphatic rings. The summed E-state index contributed by atoms with van der Waals surface area (Å²) >= 11 is 0. The number of phenols is 1. The van der Waals surface area contributed by atoms with Gasteiger partial charge in [0.1, 0.15) is 19.3 Å². The Morgan fingerprint density at radius 2 is 1.46 bits per heavy atom. The predicted molar refractivity (Wildman–Crippen MR) is 107 cm³/mol. The molecule has 0 saturated carbocycles. The molecule has 0 heterocycles. The van der Waals surface area contributed by atoms with Gasteiger partial charge in [-0.3, -0.25) is 4.79 Å². The Morgan fingerprint density at radius 1 is 0.857 bits per heavy atom. The summed E-state index contributed by atoms with van der Waals surface area (Å²) < 4.78 is 11.0. The summed E-state index contributed by atoms with van der Waals surface area (Å²) in [6.45, 7) is 0.525. The maximum atomic E-state index is 12.2. The van der Waals surface area contributed by atoms with Gasteiger partial charge >= 0.3 is 5.97 Å². The van der Waals surface area contributed by atoms with E-state index in [0.717, 1.165) is 16.7 Å². The fraction of sp³-hybridized carbons (Fsp3) is 0.174. The molecule has 0 unspecified atom stereocenters. The minimum absolute atomic E-state index is 0.0416. The molecule has 0 spiro atoms. The highest BCUT2D eigenvalue weighted by Crippen LogP contribution is 2.28. The van der Waals surface area contributed by atoms with Gasteiger partial charge in [-0.2, -0.15) is 0 Å². The van der Waals surface area contributed by atoms with E-state index in [4.69, 9.17) is 15.2 Å². The molecule has 0 radical (unpaired) electrons. The van der Waals surface area contributed by atoms with Gasteiger partial charge in [-0.05, 0) is 35.2 Å². The van der Waals surface area contributed by atoms with Gasteiger partial charge in [0, 0.05) is 0 Å². The lowest BCUT2D eigenvalue weighted by Crippen LogP contribution is -2.34. The standard InChI is InChI=1S/C23H23NO4/c24-20(23(26)28-16-18-9-5-2-6-10-18)13-19-11-12-21(25)22(14-19)27-15-17-7-3-1-4-8-17/h1-12,14,20,25H,13,15-16,24H2/t20-/m0/s1. The third kappa shape index (κ3) is 5.59. The molecular weight excluding hydrogens is 354 g/mol. The van der Waals surface area contributed by atoms with Crippen LogP contribution in [0, 0.1) is 0 Å². The molecule has 0 bridgehead atoms. The number of rotatable bonds is 8. The van der Waals surface area contributed by atoms with E-state index in [-0.39, 0.29) is 18.8 Å². The summed E-state index contributed by atoms with van der Waals surface area (Å²) in [5.74, 6) is -0.0743. The topological polar surface area (TPSA) is 81.8 Å². The number of carbonyl (C=O) groups is 1. The first-order valence-corrected chi connectivity index (χ1v) is 9.06. The molecule has 3 N–H and O–H groups in total. The van der Waals surface area contributed by atoms with Gasteiger partial charge in [0.15, 0.2) is 11.5 Å². The Hall–Kier alpha value is -3.31. The molecule has 3 aromatic carbocycles. The summed E-state index contributed by atoms with van der Waals surface area (Å²) in [5.41, 5.74) is 8.67. The Morgan fingerprint density at radius 3 is 2.11 bits per heavy atom. The zero-order chi connectivity index (χ0) is 19.8. The van der Waals surface area contributed by atoms with E-state index in [1.807, 2.05) is 60.7 Å². The van der Waals surface area contributed by atoms with Crippen LogP contribution in [0.25, 0.3) is 0 Å². The Balaban J connectivity index is 1.56. The van der Waals surface area contributed by atoms with Crippen molar-refractivity contribution in [2.24, 2.45) is 5.73 Å². The van der Waals surface area contributed by atoms with Crippen LogP contribution in [0.2, 0.25) is 0 Å². The quantitative estimate of drug-likeness (QED) is 0.587. The lowest BCUT2D eigenvalue weighted by molar-refractivity contribution is -0.146. The Bertz CT molecular complexity index is 897. The average molecular weight is 377 g/mol. The van der Waals surface area contributed by atoms with Gasteiger partial charge in [-0.25, -0.2) is 0 Å². The first kappa shape index (κ1) is 19.5. The van der Waals surface area contributed by atoms with Crippen molar-refractivity contribution in [3.63, 3.8) is 0 Å². The number of phenolic OH excluding ortho intramolecular Hbond substituents is 1. The largest absolute Gasteiger partial charge is 0.504 e. The molecule has 0 aliphatic heterocycles. The number of hydrogen-bond donors (Lipinski definition) is 2. The predicted octanol–water partition coefficient (Wildman–Crippen LogP) is 3.58. The minimum atomic E-state index is -0.796. The summed E-state index contributed by atoms with van der Waals surface area (Å²) in [6.07, 6.45) is 0.287. The van der Waals surface area contributed by atoms with Gasteiger partial charge in [0.05, 0.1) is 0 Å². The number of aromatic hydroxyl groups is 1. The highest BCUT2D eigenvalue weighted by Gasteiger charge is 2.17. The zero-order valence-corrected chi connectivity index (χ0v) is 15.5. The SMILES string of the molecule is N[C@@H](Cc1ccc(O)c(OCc2ccccc2)c1)C(=O)OCc1ccccc1. The van der Waals surface area contributed by atoms with Gasteiger partial charge in [-0.1, -0.05) is 66.7 Å². The molecule has 28 heavy (non-hydrogen) atoms. The zero-order valence-electron chi connectivity index (χ0n) is 15.5. The molecule has 0 saturated heterocycles. The van der Waals surface area contributed by atoms with Crippen LogP contribution in [0.5, 0.6) is 11.5 Å². The number of carbonyl (C=O) groups excluding carboxylic acids is 1. The van der Waals surface area contributed by atoms with Crippen LogP contribution < -0.4 is 10.5 Å². The Labute approximate surface area is 164 Å². The lowest BCUT2D eigenvalue weighted by Gasteiger charge is -2.14. The average Bonchev–Trinajstić information content (AvgIpc) is 2.73. The van der Waals surface area contributed by atoms with Crippen molar-refractivity contribution >= 4 is 5.97 Å². The van der Waals surface area contributed by atoms with Crippen LogP contribution >= 0.6 is 0 Å². The van der Waals surface area contributed by atoms with Crippen LogP contribution in [0.1, 0.15) is 16.7 Å². The summed E-state index contributed by atoms with van der Waals surface area (Å²) in [4.78, 5) is 12.2. The third-order valence-electron chi connectivity index (χ3n) is 4.24. The molecule has 3 rings (SSSR count). The number of ether oxygens (including phenoxy) is 2. The molecule has 3 aromatic rings. The smallest absolute Gasteiger partial charge is 0.323 e. The third-order valence-corrected chi connectivity index (χ3v) is 4.24. The summed E-state index contributed by atoms with van der Waals surface area (Å²) in [7, 11) is 0. The second-order valence-corrected chi connectivity index (χ2v) is 6.48. The van der Waals surface area contributed by atoms with Gasteiger partial charge in [-0.15, -0.1) is 0 Å². The van der Waals surface area contributed by atoms with E-state index < -0.39 is 12.0 Å². The molecule has 0 aliphatic carbocycles. The first-order chi connectivity index (χ1) is 13.6. The highest BCUT2D eigenvalue weighted by molar-refractivity contribution is 5.76. The van der Waals surface area contributed by atoms with Crippen molar-refractivity contribution in [2.75, 3.05) is 0 Å². The molecule has 1 atom stereocenters. The van der Waals surface area contributed by atoms with Gasteiger partial charge in [0.25, 0.3) is 0 Å². The molecule has 144 valence electrons. The second-order valence-electron chi connectivity index (χ2n) is 6.48. The molecule has 0 fully saturated rings. The van der Waals surface area contributed by atoms with Crippen molar-refractivity contribution < 1.29 is 19.4 Å². The van der Waals surface area contributed by atoms with Gasteiger partial charge in [0.2, 0.25) is 0 Å². The second kappa shape index (κ2) is 9.58. The Kier molecular flexibility index (Phi) is 6.65. The fourth-order valence-electron chi connectivity index (χ4n) is 2.71. The van der Waals surface area contributed by atoms with Crippen molar-refractivity contribution in [1.82, 2.24) is 0 Å². The van der Waals surface area contributed by atoms with E-state index in [1.54, 1.807) is 12.1 Å². The minimum Gasteiger partial charge on any atom is -0.504 e. The summed E-state index contributed by atoms with van der Waals surface area (Å²) in [6, 6.07) is 23.3. The number of benzene rings is 3. The van der Waals surface area contributed by atoms with E-state index >= 15 is 0 Å². The van der Waals surface area contributed by atoms with Crippen molar-refractivity contribution in [2.45, 2.75) is 25.7 Å². The van der Waals surface area contributed by atoms with Crippen molar-refractivity contribution in [3.8, 4) is 11.5 Å². The molecule has 0 amide bonds. The molecule has 5 heteroatoms. The maximum absolute atomic E-state index is 12.2. The van der Waals surface area contributed by atoms with Crippen LogP contribution in [0.4, 0.5) is 0 Å². The van der Waals surface area contributed by atoms with E-state index in [9.17, 15) is 9.90 Å². The molecule has 0 aromatic heterocycles. The van der Waals surface area contributed by atoms with Crippen molar-refractivity contribution in [3.05, 3.63) is 95.6 Å². The normalized spacial score (nSPS) is 11.6. The monoisotopic (exact) mass is 377 g/mol. The van der Waals surface area contributed by atoms with E-state index in [2.05, 4.69) is 0 Å². The fourth-order valence-corrected chi connectivity index (χ4v) is 2.71. The van der Waals surface area contributed by atoms with Crippen LogP contribution in [-0.4, -0.2) is 17.1 Å². The van der Waals surface area contributed by atoms with E-state index in [1.165, 1.54) is 6.07 Å². The summed E-state index contributed by atoms with van der Waals surface area (Å²) in [5, 5.41) is 10.0. The number of nitrogens with two attached hydrogens (primary N) is 1. The maximum Gasteiger partial charge on any atom is 0.323 e. The number of hydrogen-bond acceptors (Lipinski definition) is 5. The van der Waals surface area contributed by atoms with Gasteiger partial charge < -0.3 is 20.3 Å². The van der Waals surface area contributed by atoms with E-state index in [0.29, 0.717) is 12.4 Å². The first-order valence-electron chi connectivity index (χ1n) is 9.06. The van der Waals surface area contributed by atoms with Crippen LogP contribution in [0.3, 0.4) is 0 Å². The molecular formula is C23H23NO4. The van der Waals surface area contributed by atoms with Crippen molar-refractivity contribution in [1.29, 1.82) is 0 Å². The lowest BCUT2D eigenvalue weighted by atomic mass is 10.1. The van der Waals surface area contributed by atoms with Crippen LogP contribution in [0.15, 0.2) is 78.9 Å².